The summed E-state index contributed by atoms with van der Waals surface area (Å²) in [6, 6.07) is 42.4. The second-order valence-corrected chi connectivity index (χ2v) is 14.4. The highest BCUT2D eigenvalue weighted by molar-refractivity contribution is 6.21. The first-order valence-electron chi connectivity index (χ1n) is 19.5. The van der Waals surface area contributed by atoms with E-state index in [9.17, 15) is 9.59 Å². The maximum absolute atomic E-state index is 11.6. The Bertz CT molecular complexity index is 2360. The number of aryl methyl sites for hydroxylation is 1. The summed E-state index contributed by atoms with van der Waals surface area (Å²) in [5.74, 6) is -0.754. The zero-order chi connectivity index (χ0) is 38.4. The van der Waals surface area contributed by atoms with Gasteiger partial charge in [0.1, 0.15) is 0 Å². The molecule has 6 aromatic carbocycles. The molecule has 1 aliphatic rings. The van der Waals surface area contributed by atoms with Gasteiger partial charge in [-0.05, 0) is 110 Å². The highest BCUT2D eigenvalue weighted by Gasteiger charge is 2.44. The van der Waals surface area contributed by atoms with Gasteiger partial charge >= 0.3 is 11.9 Å². The van der Waals surface area contributed by atoms with Crippen LogP contribution in [0.5, 0.6) is 0 Å². The molecule has 0 aromatic heterocycles. The van der Waals surface area contributed by atoms with Crippen LogP contribution in [0.2, 0.25) is 0 Å². The molecule has 4 heteroatoms. The van der Waals surface area contributed by atoms with E-state index >= 15 is 0 Å². The zero-order valence-electron chi connectivity index (χ0n) is 31.7. The van der Waals surface area contributed by atoms with Crippen molar-refractivity contribution < 1.29 is 19.1 Å². The van der Waals surface area contributed by atoms with E-state index in [1.807, 2.05) is 0 Å². The van der Waals surface area contributed by atoms with Gasteiger partial charge in [0, 0.05) is 17.6 Å². The van der Waals surface area contributed by atoms with Crippen LogP contribution < -0.4 is 0 Å². The Morgan fingerprint density at radius 2 is 1.13 bits per heavy atom. The first kappa shape index (κ1) is 37.3. The molecule has 55 heavy (non-hydrogen) atoms. The minimum atomic E-state index is -0.384. The number of allylic oxidation sites excluding steroid dienone is 1. The molecular weight excluding hydrogens is 677 g/mol. The third-order valence-electron chi connectivity index (χ3n) is 11.3. The minimum absolute atomic E-state index is 0.324. The molecule has 7 rings (SSSR count). The first-order valence-corrected chi connectivity index (χ1v) is 19.5. The molecule has 0 saturated heterocycles. The molecule has 1 unspecified atom stereocenters. The molecule has 0 amide bonds. The molecule has 0 spiro atoms. The Morgan fingerprint density at radius 3 is 1.73 bits per heavy atom. The number of carbonyl (C=O) groups excluding carboxylic acids is 2. The summed E-state index contributed by atoms with van der Waals surface area (Å²) in [6.45, 7) is 14.7. The molecule has 1 atom stereocenters. The topological polar surface area (TPSA) is 52.6 Å². The first-order chi connectivity index (χ1) is 26.9. The van der Waals surface area contributed by atoms with Crippen LogP contribution in [0.1, 0.15) is 62.1 Å². The van der Waals surface area contributed by atoms with Gasteiger partial charge in [0.2, 0.25) is 0 Å². The molecule has 0 heterocycles. The second-order valence-electron chi connectivity index (χ2n) is 14.4. The fraction of sp³-hybridized carbons (Fsp3) is 0.216. The summed E-state index contributed by atoms with van der Waals surface area (Å²) in [6.07, 6.45) is 8.54. The van der Waals surface area contributed by atoms with Gasteiger partial charge in [-0.3, -0.25) is 0 Å². The lowest BCUT2D eigenvalue weighted by atomic mass is 9.68. The number of unbranched alkanes of at least 4 members (excludes halogenated alkanes) is 2. The van der Waals surface area contributed by atoms with Crippen molar-refractivity contribution in [2.24, 2.45) is 0 Å². The maximum atomic E-state index is 11.6. The van der Waals surface area contributed by atoms with Crippen molar-refractivity contribution in [2.45, 2.75) is 57.3 Å². The fourth-order valence-electron chi connectivity index (χ4n) is 8.65. The van der Waals surface area contributed by atoms with E-state index in [0.29, 0.717) is 13.2 Å². The highest BCUT2D eigenvalue weighted by Crippen LogP contribution is 2.57. The Balaban J connectivity index is 1.31. The highest BCUT2D eigenvalue weighted by atomic mass is 16.5. The van der Waals surface area contributed by atoms with Crippen LogP contribution in [-0.2, 0) is 30.9 Å². The lowest BCUT2D eigenvalue weighted by Crippen LogP contribution is -2.27. The molecule has 6 aromatic rings. The molecular formula is C51H48O4. The van der Waals surface area contributed by atoms with E-state index in [2.05, 4.69) is 135 Å². The molecule has 0 radical (unpaired) electrons. The van der Waals surface area contributed by atoms with Gasteiger partial charge in [-0.15, -0.1) is 0 Å². The summed E-state index contributed by atoms with van der Waals surface area (Å²) < 4.78 is 10.5. The number of esters is 2. The van der Waals surface area contributed by atoms with Crippen LogP contribution >= 0.6 is 0 Å². The third kappa shape index (κ3) is 7.17. The second kappa shape index (κ2) is 16.6. The number of ether oxygens (including phenoxy) is 2. The molecule has 4 nitrogen and oxygen atoms in total. The third-order valence-corrected chi connectivity index (χ3v) is 11.3. The van der Waals surface area contributed by atoms with Crippen molar-refractivity contribution in [3.63, 3.8) is 0 Å². The quantitative estimate of drug-likeness (QED) is 0.0328. The van der Waals surface area contributed by atoms with Crippen LogP contribution in [0, 0.1) is 0 Å². The Morgan fingerprint density at radius 1 is 0.600 bits per heavy atom. The molecule has 276 valence electrons. The fourth-order valence-corrected chi connectivity index (χ4v) is 8.65. The number of carbonyl (C=O) groups is 2. The summed E-state index contributed by atoms with van der Waals surface area (Å²) in [5.41, 5.74) is 12.1. The normalized spacial score (nSPS) is 14.3. The molecule has 0 N–H and O–H groups in total. The number of rotatable bonds is 16. The summed E-state index contributed by atoms with van der Waals surface area (Å²) in [7, 11) is 0. The average Bonchev–Trinajstić information content (AvgIpc) is 3.51. The summed E-state index contributed by atoms with van der Waals surface area (Å²) in [5, 5.41) is 4.86. The standard InChI is InChI=1S/C51H48O4/c1-5-35(4)51(31-15-8-16-32-54-47(52)6-2)45-24-14-13-19-39(45)40-30-29-38(34-46(40)51)50-43-22-11-9-20-41(43)49(42-21-10-12-23-44(42)50)37-27-25-36(26-28-37)18-17-33-55-48(53)7-3/h6-7,9-14,19-30,34H,2-5,8,15-18,31-33H2,1H3. The van der Waals surface area contributed by atoms with Crippen molar-refractivity contribution in [1.82, 2.24) is 0 Å². The minimum Gasteiger partial charge on any atom is -0.463 e. The lowest BCUT2D eigenvalue weighted by Gasteiger charge is -2.35. The van der Waals surface area contributed by atoms with Gasteiger partial charge in [0.25, 0.3) is 0 Å². The van der Waals surface area contributed by atoms with Crippen LogP contribution in [0.25, 0.3) is 54.9 Å². The Kier molecular flexibility index (Phi) is 11.2. The predicted octanol–water partition coefficient (Wildman–Crippen LogP) is 12.5. The number of fused-ring (bicyclic) bond motifs is 5. The number of benzene rings is 6. The van der Waals surface area contributed by atoms with Crippen LogP contribution in [0.15, 0.2) is 153 Å². The number of hydrogen-bond acceptors (Lipinski definition) is 4. The Labute approximate surface area is 324 Å². The van der Waals surface area contributed by atoms with Gasteiger partial charge in [-0.2, -0.15) is 0 Å². The van der Waals surface area contributed by atoms with Gasteiger partial charge in [0.15, 0.2) is 0 Å². The van der Waals surface area contributed by atoms with Crippen LogP contribution in [0.3, 0.4) is 0 Å². The monoisotopic (exact) mass is 724 g/mol. The van der Waals surface area contributed by atoms with Gasteiger partial charge in [0.05, 0.1) is 13.2 Å². The zero-order valence-corrected chi connectivity index (χ0v) is 31.7. The summed E-state index contributed by atoms with van der Waals surface area (Å²) in [4.78, 5) is 23.1. The van der Waals surface area contributed by atoms with E-state index in [0.717, 1.165) is 44.9 Å². The average molecular weight is 725 g/mol. The van der Waals surface area contributed by atoms with Gasteiger partial charge < -0.3 is 9.47 Å². The van der Waals surface area contributed by atoms with Crippen molar-refractivity contribution >= 4 is 33.5 Å². The number of hydrogen-bond donors (Lipinski definition) is 0. The largest absolute Gasteiger partial charge is 0.463 e. The molecule has 0 bridgehead atoms. The van der Waals surface area contributed by atoms with Crippen molar-refractivity contribution in [3.05, 3.63) is 169 Å². The van der Waals surface area contributed by atoms with E-state index in [1.165, 1.54) is 89.3 Å². The summed E-state index contributed by atoms with van der Waals surface area (Å²) >= 11 is 0. The van der Waals surface area contributed by atoms with Crippen LogP contribution in [0.4, 0.5) is 0 Å². The van der Waals surface area contributed by atoms with Crippen molar-refractivity contribution in [3.8, 4) is 33.4 Å². The van der Waals surface area contributed by atoms with Crippen molar-refractivity contribution in [1.29, 1.82) is 0 Å². The van der Waals surface area contributed by atoms with E-state index in [-0.39, 0.29) is 17.4 Å². The van der Waals surface area contributed by atoms with Crippen molar-refractivity contribution in [2.75, 3.05) is 13.2 Å². The van der Waals surface area contributed by atoms with E-state index in [1.54, 1.807) is 0 Å². The molecule has 0 saturated carbocycles. The van der Waals surface area contributed by atoms with Gasteiger partial charge in [-0.25, -0.2) is 9.59 Å². The van der Waals surface area contributed by atoms with Crippen LogP contribution in [-0.4, -0.2) is 25.2 Å². The Hall–Kier alpha value is -6.00. The maximum Gasteiger partial charge on any atom is 0.330 e. The molecule has 0 fully saturated rings. The van der Waals surface area contributed by atoms with E-state index < -0.39 is 0 Å². The van der Waals surface area contributed by atoms with Gasteiger partial charge in [-0.1, -0.05) is 154 Å². The SMILES string of the molecule is C=CC(=O)OCCCCCC1(C(=C)CC)c2ccccc2-c2ccc(-c3c4ccccc4c(-c4ccc(CCCOC(=O)C=C)cc4)c4ccccc34)cc21. The molecule has 0 aliphatic heterocycles. The smallest absolute Gasteiger partial charge is 0.330 e. The predicted molar refractivity (Wildman–Crippen MR) is 227 cm³/mol. The van der Waals surface area contributed by atoms with E-state index in [4.69, 9.17) is 16.1 Å². The lowest BCUT2D eigenvalue weighted by molar-refractivity contribution is -0.138. The molecule has 1 aliphatic carbocycles.